The Hall–Kier alpha value is -2.69. The van der Waals surface area contributed by atoms with Gasteiger partial charge in [0.15, 0.2) is 0 Å². The number of rotatable bonds is 2. The summed E-state index contributed by atoms with van der Waals surface area (Å²) in [7, 11) is 0. The van der Waals surface area contributed by atoms with Crippen molar-refractivity contribution < 1.29 is 14.8 Å². The summed E-state index contributed by atoms with van der Waals surface area (Å²) in [6, 6.07) is 0. The summed E-state index contributed by atoms with van der Waals surface area (Å²) in [5.74, 6) is -0.963. The summed E-state index contributed by atoms with van der Waals surface area (Å²) in [5, 5.41) is 20.6. The van der Waals surface area contributed by atoms with Gasteiger partial charge in [0.05, 0.1) is 10.5 Å². The lowest BCUT2D eigenvalue weighted by atomic mass is 9.87. The zero-order valence-electron chi connectivity index (χ0n) is 11.9. The SMILES string of the molecule is O=C(O)C1=CC2=CC=C3C=C([N+](=O)[O-])C(=CC=C1CC2)CC3. The van der Waals surface area contributed by atoms with E-state index in [1.807, 2.05) is 12.2 Å². The molecule has 0 heterocycles. The molecule has 4 bridgehead atoms. The van der Waals surface area contributed by atoms with Crippen molar-refractivity contribution in [2.75, 3.05) is 0 Å². The summed E-state index contributed by atoms with van der Waals surface area (Å²) in [6.45, 7) is 0. The third-order valence-corrected chi connectivity index (χ3v) is 4.12. The first kappa shape index (κ1) is 14.3. The van der Waals surface area contributed by atoms with Crippen LogP contribution in [0.25, 0.3) is 0 Å². The molecular weight excluding hydrogens is 282 g/mol. The van der Waals surface area contributed by atoms with Gasteiger partial charge in [0.2, 0.25) is 0 Å². The van der Waals surface area contributed by atoms with Gasteiger partial charge in [-0.05, 0) is 48.5 Å². The Balaban J connectivity index is 2.19. The van der Waals surface area contributed by atoms with Crippen LogP contribution < -0.4 is 0 Å². The second-order valence-electron chi connectivity index (χ2n) is 5.52. The van der Waals surface area contributed by atoms with E-state index in [1.165, 1.54) is 0 Å². The molecule has 6 aliphatic carbocycles. The van der Waals surface area contributed by atoms with E-state index < -0.39 is 5.97 Å². The lowest BCUT2D eigenvalue weighted by molar-refractivity contribution is -0.421. The first-order chi connectivity index (χ1) is 10.5. The maximum atomic E-state index is 11.4. The molecule has 0 radical (unpaired) electrons. The minimum atomic E-state index is -0.963. The molecule has 5 heteroatoms. The largest absolute Gasteiger partial charge is 0.478 e. The van der Waals surface area contributed by atoms with E-state index in [4.69, 9.17) is 0 Å². The second kappa shape index (κ2) is 5.60. The zero-order valence-corrected chi connectivity index (χ0v) is 11.9. The van der Waals surface area contributed by atoms with Gasteiger partial charge in [-0.2, -0.15) is 0 Å². The van der Waals surface area contributed by atoms with Crippen molar-refractivity contribution in [1.29, 1.82) is 0 Å². The summed E-state index contributed by atoms with van der Waals surface area (Å²) in [6.07, 6.45) is 13.2. The molecule has 0 aromatic rings. The Kier molecular flexibility index (Phi) is 3.63. The van der Waals surface area contributed by atoms with Crippen LogP contribution in [-0.4, -0.2) is 16.0 Å². The van der Waals surface area contributed by atoms with Gasteiger partial charge in [0.25, 0.3) is 5.70 Å². The number of hydrogen-bond acceptors (Lipinski definition) is 3. The Labute approximate surface area is 127 Å². The number of carboxylic acid groups (broad SMARTS) is 1. The lowest BCUT2D eigenvalue weighted by Gasteiger charge is -2.18. The van der Waals surface area contributed by atoms with Crippen LogP contribution in [0.3, 0.4) is 0 Å². The van der Waals surface area contributed by atoms with E-state index >= 15 is 0 Å². The zero-order chi connectivity index (χ0) is 15.7. The third kappa shape index (κ3) is 2.70. The molecule has 0 unspecified atom stereocenters. The van der Waals surface area contributed by atoms with Gasteiger partial charge in [0, 0.05) is 11.6 Å². The molecule has 0 saturated heterocycles. The highest BCUT2D eigenvalue weighted by molar-refractivity contribution is 5.93. The van der Waals surface area contributed by atoms with E-state index in [1.54, 1.807) is 24.3 Å². The predicted octanol–water partition coefficient (Wildman–Crippen LogP) is 3.46. The van der Waals surface area contributed by atoms with Gasteiger partial charge < -0.3 is 5.11 Å². The van der Waals surface area contributed by atoms with Crippen molar-refractivity contribution in [2.24, 2.45) is 0 Å². The van der Waals surface area contributed by atoms with Gasteiger partial charge >= 0.3 is 5.97 Å². The van der Waals surface area contributed by atoms with Crippen molar-refractivity contribution in [3.63, 3.8) is 0 Å². The summed E-state index contributed by atoms with van der Waals surface area (Å²) < 4.78 is 0. The number of nitrogens with zero attached hydrogens (tertiary/aromatic N) is 1. The number of hydrogen-bond donors (Lipinski definition) is 1. The maximum absolute atomic E-state index is 11.4. The Morgan fingerprint density at radius 1 is 0.955 bits per heavy atom. The molecule has 22 heavy (non-hydrogen) atoms. The molecule has 0 fully saturated rings. The van der Waals surface area contributed by atoms with Crippen molar-refractivity contribution in [3.8, 4) is 0 Å². The Morgan fingerprint density at radius 3 is 2.18 bits per heavy atom. The number of nitro groups is 1. The molecule has 0 atom stereocenters. The number of carboxylic acids is 1. The van der Waals surface area contributed by atoms with Crippen molar-refractivity contribution in [3.05, 3.63) is 80.1 Å². The van der Waals surface area contributed by atoms with Gasteiger partial charge in [0.1, 0.15) is 0 Å². The quantitative estimate of drug-likeness (QED) is 0.625. The Bertz CT molecular complexity index is 681. The van der Waals surface area contributed by atoms with E-state index in [0.29, 0.717) is 18.4 Å². The molecule has 6 rings (SSSR count). The van der Waals surface area contributed by atoms with E-state index in [0.717, 1.165) is 29.6 Å². The fourth-order valence-corrected chi connectivity index (χ4v) is 2.90. The first-order valence-electron chi connectivity index (χ1n) is 7.16. The van der Waals surface area contributed by atoms with E-state index in [-0.39, 0.29) is 16.2 Å². The van der Waals surface area contributed by atoms with E-state index in [9.17, 15) is 20.0 Å². The molecule has 6 aliphatic rings. The average Bonchev–Trinajstić information content (AvgIpc) is 2.49. The Morgan fingerprint density at radius 2 is 1.55 bits per heavy atom. The van der Waals surface area contributed by atoms with Crippen molar-refractivity contribution >= 4 is 5.97 Å². The van der Waals surface area contributed by atoms with Crippen LogP contribution in [0.5, 0.6) is 0 Å². The fraction of sp³-hybridized carbons (Fsp3) is 0.235. The minimum Gasteiger partial charge on any atom is -0.478 e. The summed E-state index contributed by atoms with van der Waals surface area (Å²) >= 11 is 0. The van der Waals surface area contributed by atoms with Gasteiger partial charge in [-0.25, -0.2) is 4.79 Å². The highest BCUT2D eigenvalue weighted by Crippen LogP contribution is 2.32. The van der Waals surface area contributed by atoms with Crippen LogP contribution in [0.2, 0.25) is 0 Å². The van der Waals surface area contributed by atoms with Crippen LogP contribution in [0.4, 0.5) is 0 Å². The molecular formula is C17H15NO4. The molecule has 0 amide bonds. The van der Waals surface area contributed by atoms with Gasteiger partial charge in [-0.15, -0.1) is 0 Å². The average molecular weight is 297 g/mol. The van der Waals surface area contributed by atoms with Crippen molar-refractivity contribution in [2.45, 2.75) is 25.7 Å². The van der Waals surface area contributed by atoms with Crippen molar-refractivity contribution in [1.82, 2.24) is 0 Å². The topological polar surface area (TPSA) is 80.4 Å². The maximum Gasteiger partial charge on any atom is 0.335 e. The standard InChI is InChI=1S/C17H15NO4/c19-17(20)15-9-11-1-2-12-4-6-14(16(10-12)18(21)22)8-7-13(15)5-3-11/h1-2,7-10H,3-6H2,(H,19,20). The summed E-state index contributed by atoms with van der Waals surface area (Å²) in [4.78, 5) is 22.3. The van der Waals surface area contributed by atoms with Crippen LogP contribution >= 0.6 is 0 Å². The number of aliphatic carboxylic acids is 1. The minimum absolute atomic E-state index is 0.102. The van der Waals surface area contributed by atoms with Crippen LogP contribution in [0.1, 0.15) is 25.7 Å². The lowest BCUT2D eigenvalue weighted by Crippen LogP contribution is -2.10. The first-order valence-corrected chi connectivity index (χ1v) is 7.16. The highest BCUT2D eigenvalue weighted by Gasteiger charge is 2.24. The van der Waals surface area contributed by atoms with Gasteiger partial charge in [-0.3, -0.25) is 10.1 Å². The molecule has 0 aromatic heterocycles. The molecule has 0 spiro atoms. The number of carbonyl (C=O) groups is 1. The number of allylic oxidation sites excluding steroid dienone is 9. The third-order valence-electron chi connectivity index (χ3n) is 4.12. The van der Waals surface area contributed by atoms with E-state index in [2.05, 4.69) is 0 Å². The second-order valence-corrected chi connectivity index (χ2v) is 5.52. The fourth-order valence-electron chi connectivity index (χ4n) is 2.90. The predicted molar refractivity (Wildman–Crippen MR) is 81.6 cm³/mol. The molecule has 5 nitrogen and oxygen atoms in total. The molecule has 0 aliphatic heterocycles. The van der Waals surface area contributed by atoms with Crippen LogP contribution in [0, 0.1) is 10.1 Å². The molecule has 112 valence electrons. The van der Waals surface area contributed by atoms with Gasteiger partial charge in [-0.1, -0.05) is 24.3 Å². The monoisotopic (exact) mass is 297 g/mol. The smallest absolute Gasteiger partial charge is 0.335 e. The normalized spacial score (nSPS) is 20.5. The van der Waals surface area contributed by atoms with Crippen LogP contribution in [-0.2, 0) is 4.79 Å². The molecule has 0 saturated carbocycles. The highest BCUT2D eigenvalue weighted by atomic mass is 16.6. The summed E-state index contributed by atoms with van der Waals surface area (Å²) in [5.41, 5.74) is 3.58. The molecule has 0 aromatic carbocycles. The molecule has 1 N–H and O–H groups in total. The van der Waals surface area contributed by atoms with Crippen LogP contribution in [0.15, 0.2) is 70.0 Å².